The maximum atomic E-state index is 13.1. The Kier molecular flexibility index (Phi) is 5.48. The fourth-order valence-corrected chi connectivity index (χ4v) is 3.47. The zero-order valence-corrected chi connectivity index (χ0v) is 15.7. The van der Waals surface area contributed by atoms with Crippen LogP contribution in [0.4, 0.5) is 4.39 Å². The van der Waals surface area contributed by atoms with E-state index in [9.17, 15) is 14.0 Å². The van der Waals surface area contributed by atoms with Crippen molar-refractivity contribution in [3.63, 3.8) is 0 Å². The molecule has 1 saturated heterocycles. The first-order valence-electron chi connectivity index (χ1n) is 9.41. The van der Waals surface area contributed by atoms with E-state index in [4.69, 9.17) is 0 Å². The molecule has 1 aliphatic heterocycles. The number of pyridine rings is 1. The fraction of sp³-hybridized carbons (Fsp3) is 0.300. The number of hydrogen-bond donors (Lipinski definition) is 2. The average Bonchev–Trinajstić information content (AvgIpc) is 3.20. The Bertz CT molecular complexity index is 1020. The zero-order valence-electron chi connectivity index (χ0n) is 15.7. The van der Waals surface area contributed by atoms with Crippen molar-refractivity contribution in [1.29, 1.82) is 0 Å². The fourth-order valence-electron chi connectivity index (χ4n) is 3.47. The molecule has 8 nitrogen and oxygen atoms in total. The highest BCUT2D eigenvalue weighted by atomic mass is 19.1. The Labute approximate surface area is 166 Å². The molecule has 1 unspecified atom stereocenters. The van der Waals surface area contributed by atoms with E-state index in [-0.39, 0.29) is 30.6 Å². The molecule has 3 heterocycles. The summed E-state index contributed by atoms with van der Waals surface area (Å²) in [6.07, 6.45) is 1.50. The van der Waals surface area contributed by atoms with Crippen LogP contribution in [0.1, 0.15) is 17.7 Å². The lowest BCUT2D eigenvalue weighted by molar-refractivity contribution is -0.134. The van der Waals surface area contributed by atoms with Gasteiger partial charge in [-0.05, 0) is 29.8 Å². The summed E-state index contributed by atoms with van der Waals surface area (Å²) >= 11 is 0. The van der Waals surface area contributed by atoms with Crippen molar-refractivity contribution in [2.24, 2.45) is 0 Å². The molecule has 0 bridgehead atoms. The minimum Gasteiger partial charge on any atom is -0.353 e. The Morgan fingerprint density at radius 2 is 2.07 bits per heavy atom. The van der Waals surface area contributed by atoms with Crippen molar-refractivity contribution in [2.75, 3.05) is 13.1 Å². The number of halogens is 1. The second-order valence-corrected chi connectivity index (χ2v) is 6.93. The Balaban J connectivity index is 1.39. The molecule has 2 N–H and O–H groups in total. The molecule has 0 aliphatic carbocycles. The van der Waals surface area contributed by atoms with E-state index in [0.717, 1.165) is 11.3 Å². The van der Waals surface area contributed by atoms with Gasteiger partial charge in [0, 0.05) is 19.6 Å². The second kappa shape index (κ2) is 8.36. The van der Waals surface area contributed by atoms with Crippen molar-refractivity contribution in [3.05, 3.63) is 65.9 Å². The number of piperazine rings is 1. The van der Waals surface area contributed by atoms with E-state index in [1.807, 2.05) is 23.1 Å². The van der Waals surface area contributed by atoms with Crippen LogP contribution in [0.25, 0.3) is 5.65 Å². The Morgan fingerprint density at radius 1 is 1.24 bits per heavy atom. The molecule has 9 heteroatoms. The number of rotatable bonds is 6. The molecular formula is C20H21FN6O2. The summed E-state index contributed by atoms with van der Waals surface area (Å²) in [4.78, 5) is 31.0. The molecular weight excluding hydrogens is 375 g/mol. The SMILES string of the molecule is O=C(CC1C(=O)NCCN1Cc1ccc(F)cc1)NCc1cccc2ncnn12. The summed E-state index contributed by atoms with van der Waals surface area (Å²) < 4.78 is 14.8. The van der Waals surface area contributed by atoms with Gasteiger partial charge in [0.05, 0.1) is 24.7 Å². The number of benzene rings is 1. The van der Waals surface area contributed by atoms with Gasteiger partial charge < -0.3 is 10.6 Å². The molecule has 1 aliphatic rings. The highest BCUT2D eigenvalue weighted by Crippen LogP contribution is 2.15. The summed E-state index contributed by atoms with van der Waals surface area (Å²) in [5.74, 6) is -0.705. The minimum atomic E-state index is -0.573. The number of aromatic nitrogens is 3. The third kappa shape index (κ3) is 4.40. The van der Waals surface area contributed by atoms with E-state index in [1.165, 1.54) is 18.5 Å². The van der Waals surface area contributed by atoms with Gasteiger partial charge in [-0.3, -0.25) is 14.5 Å². The Morgan fingerprint density at radius 3 is 2.90 bits per heavy atom. The quantitative estimate of drug-likeness (QED) is 0.645. The molecule has 0 radical (unpaired) electrons. The van der Waals surface area contributed by atoms with Crippen LogP contribution in [0.5, 0.6) is 0 Å². The topological polar surface area (TPSA) is 91.6 Å². The molecule has 1 atom stereocenters. The molecule has 2 aromatic heterocycles. The van der Waals surface area contributed by atoms with Gasteiger partial charge in [-0.1, -0.05) is 18.2 Å². The van der Waals surface area contributed by atoms with E-state index in [0.29, 0.717) is 25.3 Å². The van der Waals surface area contributed by atoms with Gasteiger partial charge in [-0.25, -0.2) is 13.9 Å². The summed E-state index contributed by atoms with van der Waals surface area (Å²) in [5.41, 5.74) is 2.39. The van der Waals surface area contributed by atoms with Crippen molar-refractivity contribution < 1.29 is 14.0 Å². The molecule has 1 aromatic carbocycles. The van der Waals surface area contributed by atoms with Crippen LogP contribution in [-0.4, -0.2) is 50.4 Å². The van der Waals surface area contributed by atoms with Crippen LogP contribution in [0.15, 0.2) is 48.8 Å². The molecule has 29 heavy (non-hydrogen) atoms. The number of amides is 2. The summed E-state index contributed by atoms with van der Waals surface area (Å²) in [6, 6.07) is 11.1. The Hall–Kier alpha value is -3.33. The first-order valence-corrected chi connectivity index (χ1v) is 9.41. The zero-order chi connectivity index (χ0) is 20.2. The molecule has 3 aromatic rings. The van der Waals surface area contributed by atoms with Gasteiger partial charge in [0.25, 0.3) is 0 Å². The monoisotopic (exact) mass is 396 g/mol. The number of nitrogens with zero attached hydrogens (tertiary/aromatic N) is 4. The van der Waals surface area contributed by atoms with Crippen LogP contribution in [-0.2, 0) is 22.7 Å². The minimum absolute atomic E-state index is 0.0420. The molecule has 0 saturated carbocycles. The molecule has 150 valence electrons. The molecule has 0 spiro atoms. The maximum Gasteiger partial charge on any atom is 0.237 e. The smallest absolute Gasteiger partial charge is 0.237 e. The van der Waals surface area contributed by atoms with E-state index >= 15 is 0 Å². The van der Waals surface area contributed by atoms with Crippen LogP contribution in [0, 0.1) is 5.82 Å². The maximum absolute atomic E-state index is 13.1. The normalized spacial score (nSPS) is 17.3. The van der Waals surface area contributed by atoms with E-state index in [1.54, 1.807) is 16.6 Å². The number of carbonyl (C=O) groups excluding carboxylic acids is 2. The van der Waals surface area contributed by atoms with Crippen molar-refractivity contribution >= 4 is 17.5 Å². The molecule has 2 amide bonds. The van der Waals surface area contributed by atoms with E-state index < -0.39 is 6.04 Å². The van der Waals surface area contributed by atoms with Crippen molar-refractivity contribution in [1.82, 2.24) is 30.1 Å². The number of nitrogens with one attached hydrogen (secondary N) is 2. The predicted molar refractivity (Wildman–Crippen MR) is 103 cm³/mol. The van der Waals surface area contributed by atoms with Gasteiger partial charge in [-0.2, -0.15) is 5.10 Å². The third-order valence-corrected chi connectivity index (χ3v) is 4.97. The number of hydrogen-bond acceptors (Lipinski definition) is 5. The lowest BCUT2D eigenvalue weighted by atomic mass is 10.1. The van der Waals surface area contributed by atoms with Crippen molar-refractivity contribution in [2.45, 2.75) is 25.6 Å². The predicted octanol–water partition coefficient (Wildman–Crippen LogP) is 0.875. The standard InChI is InChI=1S/C20H21FN6O2/c21-15-6-4-14(5-7-15)12-26-9-8-22-20(29)17(26)10-19(28)23-11-16-2-1-3-18-24-13-25-27(16)18/h1-7,13,17H,8-12H2,(H,22,29)(H,23,28). The third-order valence-electron chi connectivity index (χ3n) is 4.97. The van der Waals surface area contributed by atoms with Crippen molar-refractivity contribution in [3.8, 4) is 0 Å². The molecule has 4 rings (SSSR count). The second-order valence-electron chi connectivity index (χ2n) is 6.93. The lowest BCUT2D eigenvalue weighted by Gasteiger charge is -2.34. The summed E-state index contributed by atoms with van der Waals surface area (Å²) in [7, 11) is 0. The first kappa shape index (κ1) is 19.0. The van der Waals surface area contributed by atoms with Crippen LogP contribution >= 0.6 is 0 Å². The highest BCUT2D eigenvalue weighted by Gasteiger charge is 2.31. The largest absolute Gasteiger partial charge is 0.353 e. The van der Waals surface area contributed by atoms with Crippen LogP contribution in [0.3, 0.4) is 0 Å². The van der Waals surface area contributed by atoms with Gasteiger partial charge in [0.1, 0.15) is 12.1 Å². The summed E-state index contributed by atoms with van der Waals surface area (Å²) in [6.45, 7) is 1.90. The van der Waals surface area contributed by atoms with Gasteiger partial charge in [-0.15, -0.1) is 0 Å². The highest BCUT2D eigenvalue weighted by molar-refractivity contribution is 5.88. The number of fused-ring (bicyclic) bond motifs is 1. The number of carbonyl (C=O) groups is 2. The lowest BCUT2D eigenvalue weighted by Crippen LogP contribution is -2.56. The first-order chi connectivity index (χ1) is 14.1. The van der Waals surface area contributed by atoms with E-state index in [2.05, 4.69) is 20.7 Å². The average molecular weight is 396 g/mol. The van der Waals surface area contributed by atoms with Gasteiger partial charge in [0.15, 0.2) is 5.65 Å². The molecule has 1 fully saturated rings. The summed E-state index contributed by atoms with van der Waals surface area (Å²) in [5, 5.41) is 9.82. The van der Waals surface area contributed by atoms with Gasteiger partial charge >= 0.3 is 0 Å². The van der Waals surface area contributed by atoms with Crippen LogP contribution < -0.4 is 10.6 Å². The van der Waals surface area contributed by atoms with Crippen LogP contribution in [0.2, 0.25) is 0 Å². The van der Waals surface area contributed by atoms with Gasteiger partial charge in [0.2, 0.25) is 11.8 Å².